The van der Waals surface area contributed by atoms with Crippen molar-refractivity contribution in [3.63, 3.8) is 0 Å². The largest absolute Gasteiger partial charge is 0.459 e. The number of furan rings is 1. The molecular formula is C18H21NO4. The van der Waals surface area contributed by atoms with Crippen molar-refractivity contribution >= 4 is 5.91 Å². The third kappa shape index (κ3) is 3.46. The zero-order chi connectivity index (χ0) is 16.1. The van der Waals surface area contributed by atoms with Crippen molar-refractivity contribution in [3.05, 3.63) is 60.1 Å². The molecule has 3 rings (SSSR count). The van der Waals surface area contributed by atoms with Crippen LogP contribution in [0.4, 0.5) is 0 Å². The van der Waals surface area contributed by atoms with Crippen molar-refractivity contribution in [1.29, 1.82) is 0 Å². The number of hydrogen-bond acceptors (Lipinski definition) is 4. The van der Waals surface area contributed by atoms with E-state index >= 15 is 0 Å². The van der Waals surface area contributed by atoms with Gasteiger partial charge in [0, 0.05) is 13.2 Å². The van der Waals surface area contributed by atoms with Crippen molar-refractivity contribution in [1.82, 2.24) is 5.32 Å². The number of rotatable bonds is 5. The second-order valence-electron chi connectivity index (χ2n) is 5.84. The molecule has 1 atom stereocenters. The highest BCUT2D eigenvalue weighted by Crippen LogP contribution is 2.35. The monoisotopic (exact) mass is 315 g/mol. The molecule has 122 valence electrons. The van der Waals surface area contributed by atoms with Gasteiger partial charge in [-0.25, -0.2) is 0 Å². The molecule has 23 heavy (non-hydrogen) atoms. The van der Waals surface area contributed by atoms with Gasteiger partial charge in [0.1, 0.15) is 5.60 Å². The van der Waals surface area contributed by atoms with Crippen molar-refractivity contribution in [2.75, 3.05) is 19.8 Å². The number of carbonyl (C=O) groups excluding carboxylic acids is 1. The minimum absolute atomic E-state index is 0.0375. The summed E-state index contributed by atoms with van der Waals surface area (Å²) in [6.07, 6.45) is 2.99. The second kappa shape index (κ2) is 6.98. The third-order valence-corrected chi connectivity index (χ3v) is 4.43. The Morgan fingerprint density at radius 1 is 1.17 bits per heavy atom. The standard InChI is InChI=1S/C18H21NO4/c20-17(16-7-4-10-23-16)19-13-18(21,14-5-2-1-3-6-14)15-8-11-22-12-9-15/h1-7,10,15,21H,8-9,11-13H2,(H,19,20)/t18-/m0/s1. The Balaban J connectivity index is 1.79. The summed E-state index contributed by atoms with van der Waals surface area (Å²) in [5.41, 5.74) is -0.306. The van der Waals surface area contributed by atoms with Gasteiger partial charge in [0.05, 0.1) is 12.8 Å². The predicted molar refractivity (Wildman–Crippen MR) is 84.9 cm³/mol. The normalized spacial score (nSPS) is 18.3. The summed E-state index contributed by atoms with van der Waals surface area (Å²) in [7, 11) is 0. The lowest BCUT2D eigenvalue weighted by Gasteiger charge is -2.39. The number of amides is 1. The molecule has 1 aliphatic heterocycles. The number of hydrogen-bond donors (Lipinski definition) is 2. The summed E-state index contributed by atoms with van der Waals surface area (Å²) in [6.45, 7) is 1.40. The Hall–Kier alpha value is -2.11. The van der Waals surface area contributed by atoms with Crippen LogP contribution >= 0.6 is 0 Å². The van der Waals surface area contributed by atoms with Crippen LogP contribution in [-0.2, 0) is 10.3 Å². The van der Waals surface area contributed by atoms with E-state index in [4.69, 9.17) is 9.15 Å². The molecule has 0 bridgehead atoms. The SMILES string of the molecule is O=C(NC[C@](O)(c1ccccc1)C1CCOCC1)c1ccco1. The molecule has 1 aromatic heterocycles. The first-order valence-electron chi connectivity index (χ1n) is 7.87. The van der Waals surface area contributed by atoms with E-state index in [2.05, 4.69) is 5.32 Å². The third-order valence-electron chi connectivity index (χ3n) is 4.43. The fraction of sp³-hybridized carbons (Fsp3) is 0.389. The molecule has 2 heterocycles. The molecule has 0 unspecified atom stereocenters. The minimum Gasteiger partial charge on any atom is -0.459 e. The van der Waals surface area contributed by atoms with E-state index in [0.29, 0.717) is 13.2 Å². The average Bonchev–Trinajstić information content (AvgIpc) is 3.16. The van der Waals surface area contributed by atoms with Gasteiger partial charge in [-0.3, -0.25) is 4.79 Å². The van der Waals surface area contributed by atoms with Gasteiger partial charge in [-0.15, -0.1) is 0 Å². The first kappa shape index (κ1) is 15.8. The molecule has 2 aromatic rings. The minimum atomic E-state index is -1.12. The summed E-state index contributed by atoms with van der Waals surface area (Å²) in [5.74, 6) is -0.0423. The molecule has 0 aliphatic carbocycles. The predicted octanol–water partition coefficient (Wildman–Crippen LogP) is 2.32. The van der Waals surface area contributed by atoms with Crippen LogP contribution in [0.15, 0.2) is 53.1 Å². The molecule has 1 aromatic carbocycles. The maximum absolute atomic E-state index is 12.1. The van der Waals surface area contributed by atoms with E-state index in [-0.39, 0.29) is 24.1 Å². The molecule has 1 amide bonds. The molecule has 1 saturated heterocycles. The highest BCUT2D eigenvalue weighted by molar-refractivity contribution is 5.91. The van der Waals surface area contributed by atoms with Crippen LogP contribution in [0, 0.1) is 5.92 Å². The molecule has 0 spiro atoms. The second-order valence-corrected chi connectivity index (χ2v) is 5.84. The lowest BCUT2D eigenvalue weighted by molar-refractivity contribution is -0.0680. The summed E-state index contributed by atoms with van der Waals surface area (Å²) < 4.78 is 10.5. The van der Waals surface area contributed by atoms with E-state index in [1.54, 1.807) is 12.1 Å². The fourth-order valence-corrected chi connectivity index (χ4v) is 3.09. The Labute approximate surface area is 135 Å². The Kier molecular flexibility index (Phi) is 4.79. The van der Waals surface area contributed by atoms with Crippen LogP contribution < -0.4 is 5.32 Å². The summed E-state index contributed by atoms with van der Waals surface area (Å²) in [5, 5.41) is 14.2. The van der Waals surface area contributed by atoms with E-state index < -0.39 is 5.60 Å². The summed E-state index contributed by atoms with van der Waals surface area (Å²) in [6, 6.07) is 12.8. The van der Waals surface area contributed by atoms with Gasteiger partial charge in [0.15, 0.2) is 5.76 Å². The zero-order valence-corrected chi connectivity index (χ0v) is 12.9. The van der Waals surface area contributed by atoms with E-state index in [1.807, 2.05) is 30.3 Å². The van der Waals surface area contributed by atoms with Crippen molar-refractivity contribution in [2.24, 2.45) is 5.92 Å². The lowest BCUT2D eigenvalue weighted by Crippen LogP contribution is -2.47. The molecule has 2 N–H and O–H groups in total. The van der Waals surface area contributed by atoms with Gasteiger partial charge in [0.25, 0.3) is 5.91 Å². The zero-order valence-electron chi connectivity index (χ0n) is 12.9. The van der Waals surface area contributed by atoms with E-state index in [9.17, 15) is 9.90 Å². The highest BCUT2D eigenvalue weighted by Gasteiger charge is 2.39. The molecule has 1 fully saturated rings. The lowest BCUT2D eigenvalue weighted by atomic mass is 9.77. The summed E-state index contributed by atoms with van der Waals surface area (Å²) in [4.78, 5) is 12.1. The van der Waals surface area contributed by atoms with Crippen LogP contribution in [0.5, 0.6) is 0 Å². The fourth-order valence-electron chi connectivity index (χ4n) is 3.09. The van der Waals surface area contributed by atoms with Crippen LogP contribution in [0.25, 0.3) is 0 Å². The van der Waals surface area contributed by atoms with Crippen molar-refractivity contribution in [2.45, 2.75) is 18.4 Å². The number of carbonyl (C=O) groups is 1. The number of nitrogens with one attached hydrogen (secondary N) is 1. The summed E-state index contributed by atoms with van der Waals surface area (Å²) >= 11 is 0. The first-order valence-corrected chi connectivity index (χ1v) is 7.87. The van der Waals surface area contributed by atoms with Crippen molar-refractivity contribution in [3.8, 4) is 0 Å². The van der Waals surface area contributed by atoms with Crippen LogP contribution in [0.2, 0.25) is 0 Å². The average molecular weight is 315 g/mol. The maximum atomic E-state index is 12.1. The maximum Gasteiger partial charge on any atom is 0.287 e. The topological polar surface area (TPSA) is 71.7 Å². The van der Waals surface area contributed by atoms with Gasteiger partial charge in [-0.2, -0.15) is 0 Å². The van der Waals surface area contributed by atoms with Crippen molar-refractivity contribution < 1.29 is 19.1 Å². The number of aliphatic hydroxyl groups is 1. The van der Waals surface area contributed by atoms with Gasteiger partial charge in [0.2, 0.25) is 0 Å². The van der Waals surface area contributed by atoms with Gasteiger partial charge in [-0.1, -0.05) is 30.3 Å². The Bertz CT molecular complexity index is 620. The number of ether oxygens (including phenoxy) is 1. The van der Waals surface area contributed by atoms with Gasteiger partial charge >= 0.3 is 0 Å². The first-order chi connectivity index (χ1) is 11.2. The van der Waals surface area contributed by atoms with Gasteiger partial charge < -0.3 is 19.6 Å². The Morgan fingerprint density at radius 2 is 1.91 bits per heavy atom. The van der Waals surface area contributed by atoms with Crippen LogP contribution in [0.1, 0.15) is 29.0 Å². The van der Waals surface area contributed by atoms with E-state index in [1.165, 1.54) is 6.26 Å². The van der Waals surface area contributed by atoms with Gasteiger partial charge in [-0.05, 0) is 36.5 Å². The van der Waals surface area contributed by atoms with E-state index in [0.717, 1.165) is 18.4 Å². The van der Waals surface area contributed by atoms with Crippen LogP contribution in [-0.4, -0.2) is 30.8 Å². The highest BCUT2D eigenvalue weighted by atomic mass is 16.5. The quantitative estimate of drug-likeness (QED) is 0.888. The van der Waals surface area contributed by atoms with Crippen LogP contribution in [0.3, 0.4) is 0 Å². The molecule has 0 saturated carbocycles. The smallest absolute Gasteiger partial charge is 0.287 e. The molecule has 5 heteroatoms. The molecule has 1 aliphatic rings. The molecular weight excluding hydrogens is 294 g/mol. The Morgan fingerprint density at radius 3 is 2.57 bits per heavy atom. The molecule has 5 nitrogen and oxygen atoms in total. The number of benzene rings is 1. The molecule has 0 radical (unpaired) electrons.